The molecule has 0 aliphatic carbocycles. The quantitative estimate of drug-likeness (QED) is 0.559. The summed E-state index contributed by atoms with van der Waals surface area (Å²) in [4.78, 5) is 15.9. The molecule has 120 valence electrons. The average Bonchev–Trinajstić information content (AvgIpc) is 2.86. The minimum absolute atomic E-state index is 0.00785. The van der Waals surface area contributed by atoms with Crippen LogP contribution < -0.4 is 0 Å². The molecule has 0 spiro atoms. The topological polar surface area (TPSA) is 79.4 Å². The number of urea groups is 1. The lowest BCUT2D eigenvalue weighted by Gasteiger charge is -2.31. The highest BCUT2D eigenvalue weighted by molar-refractivity contribution is 7.89. The number of morpholine rings is 1. The van der Waals surface area contributed by atoms with Crippen LogP contribution in [0.15, 0.2) is 0 Å². The van der Waals surface area contributed by atoms with E-state index in [4.69, 9.17) is 9.47 Å². The molecule has 8 nitrogen and oxygen atoms in total. The molecule has 0 aromatic rings. The minimum atomic E-state index is -3.29. The first-order valence-corrected chi connectivity index (χ1v) is 8.79. The number of hydrogen-bond donors (Lipinski definition) is 0. The van der Waals surface area contributed by atoms with Crippen LogP contribution in [0.5, 0.6) is 0 Å². The Morgan fingerprint density at radius 3 is 2.52 bits per heavy atom. The van der Waals surface area contributed by atoms with Crippen LogP contribution in [0.3, 0.4) is 0 Å². The lowest BCUT2D eigenvalue weighted by Crippen LogP contribution is -2.48. The van der Waals surface area contributed by atoms with Gasteiger partial charge in [-0.3, -0.25) is 0 Å². The minimum Gasteiger partial charge on any atom is -0.378 e. The second-order valence-electron chi connectivity index (χ2n) is 5.60. The summed E-state index contributed by atoms with van der Waals surface area (Å²) in [6.07, 6.45) is -0.239. The third-order valence-corrected chi connectivity index (χ3v) is 6.20. The molecule has 0 aromatic carbocycles. The molecule has 0 aromatic heterocycles. The molecule has 3 saturated heterocycles. The van der Waals surface area contributed by atoms with Crippen LogP contribution in [0.4, 0.5) is 4.79 Å². The summed E-state index contributed by atoms with van der Waals surface area (Å²) in [5, 5.41) is 0. The number of fused-ring (bicyclic) bond motifs is 1. The number of carbonyl (C=O) groups is 1. The maximum Gasteiger partial charge on any atom is 0.320 e. The summed E-state index contributed by atoms with van der Waals surface area (Å²) < 4.78 is 36.3. The van der Waals surface area contributed by atoms with Crippen molar-refractivity contribution in [1.29, 1.82) is 0 Å². The summed E-state index contributed by atoms with van der Waals surface area (Å²) in [6.45, 7) is 3.29. The van der Waals surface area contributed by atoms with Crippen molar-refractivity contribution < 1.29 is 22.7 Å². The molecule has 3 rings (SSSR count). The second kappa shape index (κ2) is 5.71. The van der Waals surface area contributed by atoms with E-state index in [9.17, 15) is 13.2 Å². The van der Waals surface area contributed by atoms with Gasteiger partial charge < -0.3 is 19.3 Å². The molecule has 9 heteroatoms. The predicted octanol–water partition coefficient (Wildman–Crippen LogP) is -1.22. The van der Waals surface area contributed by atoms with Crippen LogP contribution in [0, 0.1) is 0 Å². The number of carbonyl (C=O) groups excluding carboxylic acids is 1. The average molecular weight is 319 g/mol. The van der Waals surface area contributed by atoms with Gasteiger partial charge in [0.25, 0.3) is 0 Å². The molecule has 0 bridgehead atoms. The second-order valence-corrected chi connectivity index (χ2v) is 7.74. The molecule has 0 saturated carbocycles. The first-order valence-electron chi connectivity index (χ1n) is 7.18. The van der Waals surface area contributed by atoms with Gasteiger partial charge in [0.15, 0.2) is 0 Å². The number of rotatable bonds is 0. The lowest BCUT2D eigenvalue weighted by atomic mass is 10.2. The Labute approximate surface area is 124 Å². The molecule has 2 amide bonds. The van der Waals surface area contributed by atoms with Crippen molar-refractivity contribution in [3.05, 3.63) is 0 Å². The standard InChI is InChI=1S/C12H21N3O5S/c1-13-10-8-15(12(16)14-2-4-19-5-3-14)9-11(10)20-6-7-21(13,17)18/h10-11H,2-9H2,1H3/t10-,11+/m1/s1. The number of likely N-dealkylation sites (N-methyl/N-ethyl adjacent to an activating group) is 1. The zero-order valence-corrected chi connectivity index (χ0v) is 12.9. The highest BCUT2D eigenvalue weighted by Crippen LogP contribution is 2.24. The predicted molar refractivity (Wildman–Crippen MR) is 74.4 cm³/mol. The van der Waals surface area contributed by atoms with E-state index in [1.54, 1.807) is 16.8 Å². The van der Waals surface area contributed by atoms with Crippen LogP contribution in [-0.4, -0.2) is 99.5 Å². The van der Waals surface area contributed by atoms with Gasteiger partial charge >= 0.3 is 6.03 Å². The van der Waals surface area contributed by atoms with Gasteiger partial charge in [-0.15, -0.1) is 0 Å². The molecule has 21 heavy (non-hydrogen) atoms. The Balaban J connectivity index is 1.70. The van der Waals surface area contributed by atoms with Gasteiger partial charge in [-0.25, -0.2) is 13.2 Å². The lowest BCUT2D eigenvalue weighted by molar-refractivity contribution is 0.0387. The van der Waals surface area contributed by atoms with Gasteiger partial charge in [0.2, 0.25) is 10.0 Å². The zero-order chi connectivity index (χ0) is 15.0. The van der Waals surface area contributed by atoms with Crippen LogP contribution in [-0.2, 0) is 19.5 Å². The smallest absolute Gasteiger partial charge is 0.320 e. The summed E-state index contributed by atoms with van der Waals surface area (Å²) in [5.74, 6) is 0.00785. The molecule has 3 fully saturated rings. The van der Waals surface area contributed by atoms with E-state index < -0.39 is 10.0 Å². The van der Waals surface area contributed by atoms with E-state index >= 15 is 0 Å². The summed E-state index contributed by atoms with van der Waals surface area (Å²) in [6, 6.07) is -0.344. The van der Waals surface area contributed by atoms with Gasteiger partial charge in [-0.2, -0.15) is 4.31 Å². The fourth-order valence-electron chi connectivity index (χ4n) is 3.04. The molecule has 0 radical (unpaired) electrons. The van der Waals surface area contributed by atoms with E-state index in [1.807, 2.05) is 0 Å². The van der Waals surface area contributed by atoms with E-state index in [-0.39, 0.29) is 30.5 Å². The Bertz CT molecular complexity index is 505. The maximum atomic E-state index is 12.5. The van der Waals surface area contributed by atoms with E-state index in [1.165, 1.54) is 4.31 Å². The third-order valence-electron chi connectivity index (χ3n) is 4.37. The molecular formula is C12H21N3O5S. The molecule has 2 atom stereocenters. The Kier molecular flexibility index (Phi) is 4.08. The Morgan fingerprint density at radius 2 is 1.81 bits per heavy atom. The van der Waals surface area contributed by atoms with Crippen molar-refractivity contribution in [2.24, 2.45) is 0 Å². The Hall–Kier alpha value is -0.900. The molecular weight excluding hydrogens is 298 g/mol. The van der Waals surface area contributed by atoms with E-state index in [0.29, 0.717) is 39.4 Å². The third kappa shape index (κ3) is 2.87. The van der Waals surface area contributed by atoms with Crippen LogP contribution in [0.1, 0.15) is 0 Å². The number of ether oxygens (including phenoxy) is 2. The highest BCUT2D eigenvalue weighted by atomic mass is 32.2. The van der Waals surface area contributed by atoms with Crippen LogP contribution in [0.2, 0.25) is 0 Å². The maximum absolute atomic E-state index is 12.5. The van der Waals surface area contributed by atoms with Crippen molar-refractivity contribution in [2.75, 3.05) is 58.8 Å². The summed E-state index contributed by atoms with van der Waals surface area (Å²) >= 11 is 0. The van der Waals surface area contributed by atoms with Gasteiger partial charge in [0.1, 0.15) is 0 Å². The van der Waals surface area contributed by atoms with Crippen LogP contribution >= 0.6 is 0 Å². The summed E-state index contributed by atoms with van der Waals surface area (Å²) in [7, 11) is -1.72. The molecule has 0 unspecified atom stereocenters. The van der Waals surface area contributed by atoms with Gasteiger partial charge in [-0.1, -0.05) is 0 Å². The molecule has 3 aliphatic heterocycles. The van der Waals surface area contributed by atoms with Crippen molar-refractivity contribution in [1.82, 2.24) is 14.1 Å². The van der Waals surface area contributed by atoms with E-state index in [2.05, 4.69) is 0 Å². The first-order chi connectivity index (χ1) is 9.99. The van der Waals surface area contributed by atoms with Crippen molar-refractivity contribution in [3.8, 4) is 0 Å². The highest BCUT2D eigenvalue weighted by Gasteiger charge is 2.44. The van der Waals surface area contributed by atoms with Crippen LogP contribution in [0.25, 0.3) is 0 Å². The number of nitrogens with zero attached hydrogens (tertiary/aromatic N) is 3. The van der Waals surface area contributed by atoms with Gasteiger partial charge in [-0.05, 0) is 0 Å². The fraction of sp³-hybridized carbons (Fsp3) is 0.917. The van der Waals surface area contributed by atoms with Crippen molar-refractivity contribution in [3.63, 3.8) is 0 Å². The zero-order valence-electron chi connectivity index (χ0n) is 12.1. The number of likely N-dealkylation sites (tertiary alicyclic amines) is 1. The fourth-order valence-corrected chi connectivity index (χ4v) is 4.25. The summed E-state index contributed by atoms with van der Waals surface area (Å²) in [5.41, 5.74) is 0. The first kappa shape index (κ1) is 15.0. The van der Waals surface area contributed by atoms with Crippen molar-refractivity contribution >= 4 is 16.1 Å². The number of amides is 2. The molecule has 3 aliphatic rings. The number of hydrogen-bond acceptors (Lipinski definition) is 5. The van der Waals surface area contributed by atoms with E-state index in [0.717, 1.165) is 0 Å². The largest absolute Gasteiger partial charge is 0.378 e. The Morgan fingerprint density at radius 1 is 1.10 bits per heavy atom. The molecule has 0 N–H and O–H groups in total. The monoisotopic (exact) mass is 319 g/mol. The van der Waals surface area contributed by atoms with Gasteiger partial charge in [0, 0.05) is 26.7 Å². The SMILES string of the molecule is CN1[C@@H]2CN(C(=O)N3CCOCC3)C[C@@H]2OCCS1(=O)=O. The van der Waals surface area contributed by atoms with Crippen molar-refractivity contribution in [2.45, 2.75) is 12.1 Å². The van der Waals surface area contributed by atoms with Gasteiger partial charge in [0.05, 0.1) is 44.3 Å². The molecule has 3 heterocycles. The number of sulfonamides is 1. The normalized spacial score (nSPS) is 33.6.